The smallest absolute Gasteiger partial charge is 0.225 e. The van der Waals surface area contributed by atoms with Crippen LogP contribution in [0, 0.1) is 11.7 Å². The summed E-state index contributed by atoms with van der Waals surface area (Å²) < 4.78 is 23.9. The normalized spacial score (nSPS) is 12.3. The van der Waals surface area contributed by atoms with Gasteiger partial charge in [0.25, 0.3) is 0 Å². The van der Waals surface area contributed by atoms with Crippen LogP contribution >= 0.6 is 0 Å². The third-order valence-electron chi connectivity index (χ3n) is 4.43. The maximum atomic E-state index is 13.2. The predicted octanol–water partition coefficient (Wildman–Crippen LogP) is 4.64. The number of carbonyl (C=O) groups excluding carboxylic acids is 1. The van der Waals surface area contributed by atoms with E-state index in [-0.39, 0.29) is 30.1 Å². The standard InChI is InChI=1S/C21H22FNO3/c1-13(2)21(14-4-6-16(22)7-5-14)23-20(24)10-15-12-26-19-11-17(25-3)8-9-18(15)19/h4-9,11-13,21H,10H2,1-3H3,(H,23,24)/t21-/m1/s1. The lowest BCUT2D eigenvalue weighted by atomic mass is 9.95. The fourth-order valence-corrected chi connectivity index (χ4v) is 3.03. The number of hydrogen-bond donors (Lipinski definition) is 1. The maximum Gasteiger partial charge on any atom is 0.225 e. The van der Waals surface area contributed by atoms with E-state index in [4.69, 9.17) is 9.15 Å². The van der Waals surface area contributed by atoms with E-state index in [1.807, 2.05) is 26.0 Å². The first-order valence-electron chi connectivity index (χ1n) is 8.57. The van der Waals surface area contributed by atoms with E-state index < -0.39 is 0 Å². The van der Waals surface area contributed by atoms with Crippen LogP contribution in [0.5, 0.6) is 5.75 Å². The minimum Gasteiger partial charge on any atom is -0.497 e. The van der Waals surface area contributed by atoms with Gasteiger partial charge in [-0.1, -0.05) is 26.0 Å². The number of ether oxygens (including phenoxy) is 1. The first-order chi connectivity index (χ1) is 12.5. The van der Waals surface area contributed by atoms with Gasteiger partial charge in [-0.25, -0.2) is 4.39 Å². The summed E-state index contributed by atoms with van der Waals surface area (Å²) in [5.41, 5.74) is 2.39. The molecule has 0 aliphatic heterocycles. The van der Waals surface area contributed by atoms with Crippen LogP contribution in [-0.4, -0.2) is 13.0 Å². The largest absolute Gasteiger partial charge is 0.497 e. The van der Waals surface area contributed by atoms with Crippen molar-refractivity contribution in [3.8, 4) is 5.75 Å². The van der Waals surface area contributed by atoms with Gasteiger partial charge in [-0.3, -0.25) is 4.79 Å². The van der Waals surface area contributed by atoms with Crippen LogP contribution in [0.15, 0.2) is 53.1 Å². The van der Waals surface area contributed by atoms with Gasteiger partial charge >= 0.3 is 0 Å². The highest BCUT2D eigenvalue weighted by atomic mass is 19.1. The van der Waals surface area contributed by atoms with Gasteiger partial charge in [-0.05, 0) is 35.7 Å². The maximum absolute atomic E-state index is 13.2. The molecule has 5 heteroatoms. The van der Waals surface area contributed by atoms with Gasteiger partial charge < -0.3 is 14.5 Å². The summed E-state index contributed by atoms with van der Waals surface area (Å²) in [5, 5.41) is 3.94. The van der Waals surface area contributed by atoms with E-state index in [0.29, 0.717) is 11.3 Å². The lowest BCUT2D eigenvalue weighted by Gasteiger charge is -2.23. The number of carbonyl (C=O) groups is 1. The third-order valence-corrected chi connectivity index (χ3v) is 4.43. The van der Waals surface area contributed by atoms with E-state index in [2.05, 4.69) is 5.32 Å². The fourth-order valence-electron chi connectivity index (χ4n) is 3.03. The zero-order valence-electron chi connectivity index (χ0n) is 15.1. The molecule has 1 N–H and O–H groups in total. The van der Waals surface area contributed by atoms with Gasteiger partial charge in [-0.15, -0.1) is 0 Å². The molecule has 0 aliphatic carbocycles. The molecule has 0 saturated heterocycles. The average Bonchev–Trinajstić information content (AvgIpc) is 3.02. The van der Waals surface area contributed by atoms with Crippen LogP contribution in [0.4, 0.5) is 4.39 Å². The number of methoxy groups -OCH3 is 1. The van der Waals surface area contributed by atoms with Gasteiger partial charge in [0, 0.05) is 17.0 Å². The lowest BCUT2D eigenvalue weighted by Crippen LogP contribution is -2.32. The van der Waals surface area contributed by atoms with E-state index in [0.717, 1.165) is 16.5 Å². The van der Waals surface area contributed by atoms with Crippen molar-refractivity contribution in [3.05, 3.63) is 65.7 Å². The van der Waals surface area contributed by atoms with Gasteiger partial charge in [0.2, 0.25) is 5.91 Å². The molecule has 3 rings (SSSR count). The molecule has 1 atom stereocenters. The summed E-state index contributed by atoms with van der Waals surface area (Å²) in [4.78, 5) is 12.6. The Morgan fingerprint density at radius 2 is 1.92 bits per heavy atom. The van der Waals surface area contributed by atoms with Crippen LogP contribution in [0.25, 0.3) is 11.0 Å². The van der Waals surface area contributed by atoms with Crippen molar-refractivity contribution in [1.82, 2.24) is 5.32 Å². The highest BCUT2D eigenvalue weighted by Crippen LogP contribution is 2.27. The third kappa shape index (κ3) is 3.87. The number of halogens is 1. The van der Waals surface area contributed by atoms with Gasteiger partial charge in [0.05, 0.1) is 25.8 Å². The molecule has 1 heterocycles. The molecular formula is C21H22FNO3. The van der Waals surface area contributed by atoms with Crippen molar-refractivity contribution in [2.45, 2.75) is 26.3 Å². The average molecular weight is 355 g/mol. The summed E-state index contributed by atoms with van der Waals surface area (Å²) in [6.07, 6.45) is 1.82. The molecule has 0 radical (unpaired) electrons. The Morgan fingerprint density at radius 3 is 2.58 bits per heavy atom. The Labute approximate surface area is 152 Å². The summed E-state index contributed by atoms with van der Waals surface area (Å²) in [6, 6.07) is 11.6. The molecule has 26 heavy (non-hydrogen) atoms. The second-order valence-corrected chi connectivity index (χ2v) is 6.64. The fraction of sp³-hybridized carbons (Fsp3) is 0.286. The molecule has 0 aliphatic rings. The molecular weight excluding hydrogens is 333 g/mol. The molecule has 3 aromatic rings. The number of furan rings is 1. The molecule has 0 fully saturated rings. The van der Waals surface area contributed by atoms with Crippen molar-refractivity contribution < 1.29 is 18.3 Å². The van der Waals surface area contributed by atoms with Crippen molar-refractivity contribution in [1.29, 1.82) is 0 Å². The topological polar surface area (TPSA) is 51.5 Å². The molecule has 1 aromatic heterocycles. The zero-order valence-corrected chi connectivity index (χ0v) is 15.1. The van der Waals surface area contributed by atoms with E-state index >= 15 is 0 Å². The first-order valence-corrected chi connectivity index (χ1v) is 8.57. The highest BCUT2D eigenvalue weighted by Gasteiger charge is 2.19. The van der Waals surface area contributed by atoms with Crippen molar-refractivity contribution in [2.75, 3.05) is 7.11 Å². The van der Waals surface area contributed by atoms with Crippen LogP contribution in [0.3, 0.4) is 0 Å². The molecule has 0 unspecified atom stereocenters. The SMILES string of the molecule is COc1ccc2c(CC(=O)N[C@@H](c3ccc(F)cc3)C(C)C)coc2c1. The number of hydrogen-bond acceptors (Lipinski definition) is 3. The highest BCUT2D eigenvalue weighted by molar-refractivity contribution is 5.88. The number of rotatable bonds is 6. The molecule has 0 bridgehead atoms. The van der Waals surface area contributed by atoms with E-state index in [9.17, 15) is 9.18 Å². The minimum atomic E-state index is -0.289. The van der Waals surface area contributed by atoms with Crippen LogP contribution in [-0.2, 0) is 11.2 Å². The van der Waals surface area contributed by atoms with Crippen molar-refractivity contribution in [2.24, 2.45) is 5.92 Å². The summed E-state index contributed by atoms with van der Waals surface area (Å²) in [7, 11) is 1.60. The number of amides is 1. The molecule has 0 spiro atoms. The Bertz CT molecular complexity index is 899. The Kier molecular flexibility index (Phi) is 5.26. The molecule has 0 saturated carbocycles. The predicted molar refractivity (Wildman–Crippen MR) is 98.6 cm³/mol. The monoisotopic (exact) mass is 355 g/mol. The molecule has 4 nitrogen and oxygen atoms in total. The molecule has 1 amide bonds. The quantitative estimate of drug-likeness (QED) is 0.701. The van der Waals surface area contributed by atoms with Gasteiger partial charge in [0.1, 0.15) is 17.1 Å². The van der Waals surface area contributed by atoms with Crippen LogP contribution in [0.1, 0.15) is 31.0 Å². The van der Waals surface area contributed by atoms with E-state index in [1.54, 1.807) is 31.6 Å². The number of nitrogens with one attached hydrogen (secondary N) is 1. The lowest BCUT2D eigenvalue weighted by molar-refractivity contribution is -0.121. The Balaban J connectivity index is 1.75. The van der Waals surface area contributed by atoms with Gasteiger partial charge in [-0.2, -0.15) is 0 Å². The second-order valence-electron chi connectivity index (χ2n) is 6.64. The van der Waals surface area contributed by atoms with E-state index in [1.165, 1.54) is 12.1 Å². The molecule has 2 aromatic carbocycles. The first kappa shape index (κ1) is 18.0. The van der Waals surface area contributed by atoms with Crippen LogP contribution < -0.4 is 10.1 Å². The van der Waals surface area contributed by atoms with Crippen molar-refractivity contribution >= 4 is 16.9 Å². The van der Waals surface area contributed by atoms with Crippen molar-refractivity contribution in [3.63, 3.8) is 0 Å². The number of fused-ring (bicyclic) bond motifs is 1. The van der Waals surface area contributed by atoms with Crippen LogP contribution in [0.2, 0.25) is 0 Å². The van der Waals surface area contributed by atoms with Gasteiger partial charge in [0.15, 0.2) is 0 Å². The zero-order chi connectivity index (χ0) is 18.7. The number of benzene rings is 2. The second kappa shape index (κ2) is 7.60. The molecule has 136 valence electrons. The minimum absolute atomic E-state index is 0.105. The Hall–Kier alpha value is -2.82. The summed E-state index contributed by atoms with van der Waals surface area (Å²) >= 11 is 0. The Morgan fingerprint density at radius 1 is 1.19 bits per heavy atom. The summed E-state index contributed by atoms with van der Waals surface area (Å²) in [5.74, 6) is 0.489. The summed E-state index contributed by atoms with van der Waals surface area (Å²) in [6.45, 7) is 4.04.